The van der Waals surface area contributed by atoms with Crippen LogP contribution in [-0.2, 0) is 27.4 Å². The molecule has 31 heavy (non-hydrogen) atoms. The van der Waals surface area contributed by atoms with Crippen molar-refractivity contribution in [1.82, 2.24) is 10.2 Å². The number of anilines is 1. The molecule has 7 heteroatoms. The van der Waals surface area contributed by atoms with Gasteiger partial charge in [-0.25, -0.2) is 0 Å². The summed E-state index contributed by atoms with van der Waals surface area (Å²) in [6.45, 7) is 5.44. The number of rotatable bonds is 7. The molecule has 0 radical (unpaired) electrons. The number of nitrogens with zero attached hydrogens (tertiary/aromatic N) is 2. The molecule has 2 amide bonds. The van der Waals surface area contributed by atoms with Crippen LogP contribution in [0, 0.1) is 0 Å². The van der Waals surface area contributed by atoms with Crippen molar-refractivity contribution in [3.05, 3.63) is 59.7 Å². The van der Waals surface area contributed by atoms with Gasteiger partial charge in [0.2, 0.25) is 11.8 Å². The van der Waals surface area contributed by atoms with Crippen LogP contribution in [0.3, 0.4) is 0 Å². The average Bonchev–Trinajstić information content (AvgIpc) is 2.82. The molecule has 4 rings (SSSR count). The van der Waals surface area contributed by atoms with Gasteiger partial charge in [0.15, 0.2) is 0 Å². The molecule has 0 bridgehead atoms. The molecule has 1 fully saturated rings. The summed E-state index contributed by atoms with van der Waals surface area (Å²) >= 11 is 1.77. The van der Waals surface area contributed by atoms with Gasteiger partial charge in [-0.15, -0.1) is 11.8 Å². The van der Waals surface area contributed by atoms with Crippen LogP contribution in [0.4, 0.5) is 5.69 Å². The maximum absolute atomic E-state index is 12.7. The second kappa shape index (κ2) is 10.8. The zero-order chi connectivity index (χ0) is 21.5. The quantitative estimate of drug-likeness (QED) is 0.719. The average molecular weight is 440 g/mol. The summed E-state index contributed by atoms with van der Waals surface area (Å²) in [7, 11) is 0. The Morgan fingerprint density at radius 1 is 0.935 bits per heavy atom. The van der Waals surface area contributed by atoms with Gasteiger partial charge in [0.05, 0.1) is 18.9 Å². The monoisotopic (exact) mass is 439 g/mol. The van der Waals surface area contributed by atoms with E-state index in [4.69, 9.17) is 4.74 Å². The number of carbonyl (C=O) groups is 2. The van der Waals surface area contributed by atoms with Gasteiger partial charge < -0.3 is 15.0 Å². The van der Waals surface area contributed by atoms with E-state index in [1.54, 1.807) is 11.8 Å². The molecule has 2 heterocycles. The Morgan fingerprint density at radius 3 is 2.52 bits per heavy atom. The Morgan fingerprint density at radius 2 is 1.68 bits per heavy atom. The van der Waals surface area contributed by atoms with E-state index in [1.807, 2.05) is 41.3 Å². The second-order valence-electron chi connectivity index (χ2n) is 7.80. The minimum atomic E-state index is -0.0887. The number of hydrogen-bond acceptors (Lipinski definition) is 5. The van der Waals surface area contributed by atoms with Crippen molar-refractivity contribution in [1.29, 1.82) is 0 Å². The van der Waals surface area contributed by atoms with Gasteiger partial charge in [-0.1, -0.05) is 36.4 Å². The summed E-state index contributed by atoms with van der Waals surface area (Å²) < 4.78 is 5.43. The third kappa shape index (κ3) is 5.87. The number of morpholine rings is 1. The van der Waals surface area contributed by atoms with Crippen LogP contribution in [-0.4, -0.2) is 55.3 Å². The predicted molar refractivity (Wildman–Crippen MR) is 123 cm³/mol. The first-order valence-corrected chi connectivity index (χ1v) is 11.8. The summed E-state index contributed by atoms with van der Waals surface area (Å²) in [6.07, 6.45) is 0.427. The highest BCUT2D eigenvalue weighted by molar-refractivity contribution is 7.99. The molecular weight excluding hydrogens is 410 g/mol. The molecule has 2 aliphatic heterocycles. The fraction of sp³-hybridized carbons (Fsp3) is 0.417. The maximum atomic E-state index is 12.7. The van der Waals surface area contributed by atoms with Crippen LogP contribution in [0.2, 0.25) is 0 Å². The highest BCUT2D eigenvalue weighted by Crippen LogP contribution is 2.34. The lowest BCUT2D eigenvalue weighted by molar-refractivity contribution is -0.125. The first kappa shape index (κ1) is 21.9. The van der Waals surface area contributed by atoms with Gasteiger partial charge in [0.1, 0.15) is 0 Å². The predicted octanol–water partition coefficient (Wildman–Crippen LogP) is 3.05. The molecule has 2 aliphatic rings. The number of amides is 2. The summed E-state index contributed by atoms with van der Waals surface area (Å²) in [5.41, 5.74) is 3.31. The number of hydrogen-bond donors (Lipinski definition) is 1. The number of benzene rings is 2. The van der Waals surface area contributed by atoms with Crippen molar-refractivity contribution in [3.8, 4) is 0 Å². The van der Waals surface area contributed by atoms with Crippen LogP contribution in [0.1, 0.15) is 24.0 Å². The van der Waals surface area contributed by atoms with Gasteiger partial charge in [-0.05, 0) is 23.3 Å². The number of thioether (sulfide) groups is 1. The third-order valence-electron chi connectivity index (χ3n) is 5.69. The standard InChI is InChI=1S/C24H29N3O3S/c28-23(9-10-24(29)27-13-16-31-22-8-4-3-7-21(22)27)25-17-19-5-1-2-6-20(19)18-26-11-14-30-15-12-26/h1-8H,9-18H2,(H,25,28). The van der Waals surface area contributed by atoms with Crippen LogP contribution >= 0.6 is 11.8 Å². The lowest BCUT2D eigenvalue weighted by Gasteiger charge is -2.29. The number of fused-ring (bicyclic) bond motifs is 1. The lowest BCUT2D eigenvalue weighted by atomic mass is 10.1. The topological polar surface area (TPSA) is 61.9 Å². The molecule has 0 aromatic heterocycles. The Hall–Kier alpha value is -2.35. The summed E-state index contributed by atoms with van der Waals surface area (Å²) in [5, 5.41) is 3.00. The van der Waals surface area contributed by atoms with Gasteiger partial charge in [-0.3, -0.25) is 14.5 Å². The number of nitrogens with one attached hydrogen (secondary N) is 1. The van der Waals surface area contributed by atoms with E-state index in [2.05, 4.69) is 22.3 Å². The smallest absolute Gasteiger partial charge is 0.227 e. The Labute approximate surface area is 187 Å². The molecule has 1 saturated heterocycles. The van der Waals surface area contributed by atoms with E-state index in [0.29, 0.717) is 13.1 Å². The number of para-hydroxylation sites is 1. The molecule has 0 aliphatic carbocycles. The Balaban J connectivity index is 1.27. The van der Waals surface area contributed by atoms with Crippen LogP contribution in [0.5, 0.6) is 0 Å². The number of carbonyl (C=O) groups excluding carboxylic acids is 2. The van der Waals surface area contributed by atoms with Gasteiger partial charge in [0, 0.05) is 56.2 Å². The highest BCUT2D eigenvalue weighted by Gasteiger charge is 2.23. The van der Waals surface area contributed by atoms with Gasteiger partial charge in [0.25, 0.3) is 0 Å². The van der Waals surface area contributed by atoms with E-state index in [0.717, 1.165) is 54.7 Å². The molecule has 0 spiro atoms. The highest BCUT2D eigenvalue weighted by atomic mass is 32.2. The zero-order valence-electron chi connectivity index (χ0n) is 17.7. The molecule has 0 unspecified atom stereocenters. The first-order chi connectivity index (χ1) is 15.2. The van der Waals surface area contributed by atoms with Crippen LogP contribution in [0.15, 0.2) is 53.4 Å². The van der Waals surface area contributed by atoms with E-state index < -0.39 is 0 Å². The molecule has 1 N–H and O–H groups in total. The van der Waals surface area contributed by atoms with Gasteiger partial charge in [-0.2, -0.15) is 0 Å². The summed E-state index contributed by atoms with van der Waals surface area (Å²) in [4.78, 5) is 30.5. The van der Waals surface area contributed by atoms with Crippen molar-refractivity contribution >= 4 is 29.3 Å². The molecule has 6 nitrogen and oxygen atoms in total. The molecule has 2 aromatic rings. The molecule has 0 saturated carbocycles. The minimum absolute atomic E-state index is 0.00983. The zero-order valence-corrected chi connectivity index (χ0v) is 18.5. The maximum Gasteiger partial charge on any atom is 0.227 e. The van der Waals surface area contributed by atoms with E-state index >= 15 is 0 Å². The molecule has 0 atom stereocenters. The van der Waals surface area contributed by atoms with Gasteiger partial charge >= 0.3 is 0 Å². The molecule has 2 aromatic carbocycles. The van der Waals surface area contributed by atoms with Crippen LogP contribution in [0.25, 0.3) is 0 Å². The summed E-state index contributed by atoms with van der Waals surface area (Å²) in [6, 6.07) is 16.2. The normalized spacial score (nSPS) is 16.6. The SMILES string of the molecule is O=C(CCC(=O)N1CCSc2ccccc21)NCc1ccccc1CN1CCOCC1. The molecule has 164 valence electrons. The summed E-state index contributed by atoms with van der Waals surface area (Å²) in [5.74, 6) is 0.805. The van der Waals surface area contributed by atoms with Crippen molar-refractivity contribution in [2.45, 2.75) is 30.8 Å². The first-order valence-electron chi connectivity index (χ1n) is 10.9. The Kier molecular flexibility index (Phi) is 7.61. The molecular formula is C24H29N3O3S. The Bertz CT molecular complexity index is 914. The van der Waals surface area contributed by atoms with Crippen molar-refractivity contribution in [3.63, 3.8) is 0 Å². The minimum Gasteiger partial charge on any atom is -0.379 e. The van der Waals surface area contributed by atoms with Crippen molar-refractivity contribution in [2.24, 2.45) is 0 Å². The fourth-order valence-electron chi connectivity index (χ4n) is 3.95. The van der Waals surface area contributed by atoms with E-state index in [1.165, 1.54) is 5.56 Å². The van der Waals surface area contributed by atoms with Crippen LogP contribution < -0.4 is 10.2 Å². The fourth-order valence-corrected chi connectivity index (χ4v) is 4.95. The number of ether oxygens (including phenoxy) is 1. The van der Waals surface area contributed by atoms with E-state index in [-0.39, 0.29) is 24.7 Å². The van der Waals surface area contributed by atoms with Crippen molar-refractivity contribution < 1.29 is 14.3 Å². The van der Waals surface area contributed by atoms with Crippen molar-refractivity contribution in [2.75, 3.05) is 43.5 Å². The largest absolute Gasteiger partial charge is 0.379 e. The second-order valence-corrected chi connectivity index (χ2v) is 8.93. The lowest BCUT2D eigenvalue weighted by Crippen LogP contribution is -2.36. The third-order valence-corrected chi connectivity index (χ3v) is 6.73. The van der Waals surface area contributed by atoms with E-state index in [9.17, 15) is 9.59 Å².